The van der Waals surface area contributed by atoms with Crippen LogP contribution in [0.4, 0.5) is 0 Å². The first-order valence-corrected chi connectivity index (χ1v) is 5.50. The molecule has 0 aliphatic rings. The third-order valence-corrected chi connectivity index (χ3v) is 2.57. The first kappa shape index (κ1) is 9.85. The van der Waals surface area contributed by atoms with Crippen LogP contribution in [0.15, 0.2) is 66.9 Å². The van der Waals surface area contributed by atoms with E-state index in [-0.39, 0.29) is 0 Å². The topological polar surface area (TPSA) is 22.1 Å². The Balaban J connectivity index is 2.06. The van der Waals surface area contributed by atoms with Crippen LogP contribution in [-0.2, 0) is 0 Å². The van der Waals surface area contributed by atoms with E-state index >= 15 is 0 Å². The summed E-state index contributed by atoms with van der Waals surface area (Å²) in [5, 5.41) is 1.08. The summed E-state index contributed by atoms with van der Waals surface area (Å²) in [5.41, 5.74) is 0.888. The molecule has 2 heteroatoms. The summed E-state index contributed by atoms with van der Waals surface area (Å²) < 4.78 is 5.83. The van der Waals surface area contributed by atoms with Gasteiger partial charge in [0.1, 0.15) is 11.3 Å². The fourth-order valence-corrected chi connectivity index (χ4v) is 1.77. The lowest BCUT2D eigenvalue weighted by atomic mass is 10.2. The van der Waals surface area contributed by atoms with E-state index in [1.165, 1.54) is 0 Å². The van der Waals surface area contributed by atoms with Crippen molar-refractivity contribution in [2.75, 3.05) is 0 Å². The zero-order valence-electron chi connectivity index (χ0n) is 9.21. The van der Waals surface area contributed by atoms with Gasteiger partial charge in [-0.2, -0.15) is 0 Å². The molecule has 0 fully saturated rings. The lowest BCUT2D eigenvalue weighted by Gasteiger charge is -2.07. The van der Waals surface area contributed by atoms with Crippen molar-refractivity contribution >= 4 is 10.9 Å². The van der Waals surface area contributed by atoms with Gasteiger partial charge in [0.25, 0.3) is 0 Å². The minimum absolute atomic E-state index is 0.786. The molecule has 17 heavy (non-hydrogen) atoms. The van der Waals surface area contributed by atoms with Crippen molar-refractivity contribution in [3.63, 3.8) is 0 Å². The highest BCUT2D eigenvalue weighted by Crippen LogP contribution is 2.27. The Hall–Kier alpha value is -2.35. The predicted molar refractivity (Wildman–Crippen MR) is 68.3 cm³/mol. The molecular formula is C15H11NO. The fraction of sp³-hybridized carbons (Fsp3) is 0. The fourth-order valence-electron chi connectivity index (χ4n) is 1.77. The molecule has 1 heterocycles. The Bertz CT molecular complexity index is 629. The Morgan fingerprint density at radius 2 is 1.59 bits per heavy atom. The van der Waals surface area contributed by atoms with Gasteiger partial charge in [-0.05, 0) is 24.3 Å². The molecule has 82 valence electrons. The second-order valence-corrected chi connectivity index (χ2v) is 3.75. The molecule has 0 amide bonds. The largest absolute Gasteiger partial charge is 0.455 e. The molecule has 1 aromatic heterocycles. The first-order valence-electron chi connectivity index (χ1n) is 5.50. The smallest absolute Gasteiger partial charge is 0.153 e. The lowest BCUT2D eigenvalue weighted by molar-refractivity contribution is 0.487. The van der Waals surface area contributed by atoms with Crippen molar-refractivity contribution in [2.45, 2.75) is 0 Å². The van der Waals surface area contributed by atoms with Gasteiger partial charge in [0, 0.05) is 11.6 Å². The molecule has 0 atom stereocenters. The van der Waals surface area contributed by atoms with Crippen molar-refractivity contribution in [1.29, 1.82) is 0 Å². The summed E-state index contributed by atoms with van der Waals surface area (Å²) in [6.07, 6.45) is 1.78. The highest BCUT2D eigenvalue weighted by Gasteiger charge is 2.03. The Labute approximate surface area is 99.5 Å². The molecule has 0 bridgehead atoms. The predicted octanol–water partition coefficient (Wildman–Crippen LogP) is 4.03. The molecule has 0 N–H and O–H groups in total. The third-order valence-electron chi connectivity index (χ3n) is 2.57. The number of hydrogen-bond donors (Lipinski definition) is 0. The maximum Gasteiger partial charge on any atom is 0.153 e. The van der Waals surface area contributed by atoms with Gasteiger partial charge in [-0.15, -0.1) is 0 Å². The number of nitrogens with zero attached hydrogens (tertiary/aromatic N) is 1. The van der Waals surface area contributed by atoms with Crippen LogP contribution in [0.1, 0.15) is 0 Å². The average molecular weight is 221 g/mol. The van der Waals surface area contributed by atoms with Gasteiger partial charge in [-0.1, -0.05) is 36.4 Å². The number of pyridine rings is 1. The second-order valence-electron chi connectivity index (χ2n) is 3.75. The summed E-state index contributed by atoms with van der Waals surface area (Å²) in [7, 11) is 0. The average Bonchev–Trinajstić information content (AvgIpc) is 2.40. The zero-order chi connectivity index (χ0) is 11.5. The Morgan fingerprint density at radius 3 is 2.47 bits per heavy atom. The third kappa shape index (κ3) is 1.97. The molecule has 3 rings (SSSR count). The highest BCUT2D eigenvalue weighted by molar-refractivity contribution is 5.84. The number of fused-ring (bicyclic) bond motifs is 1. The van der Waals surface area contributed by atoms with Crippen LogP contribution in [0.2, 0.25) is 0 Å². The van der Waals surface area contributed by atoms with Crippen molar-refractivity contribution in [2.24, 2.45) is 0 Å². The van der Waals surface area contributed by atoms with E-state index in [0.717, 1.165) is 22.4 Å². The van der Waals surface area contributed by atoms with E-state index in [4.69, 9.17) is 4.74 Å². The van der Waals surface area contributed by atoms with Crippen molar-refractivity contribution in [3.8, 4) is 11.5 Å². The standard InChI is InChI=1S/C15H11NO/c1-2-8-13(9-3-1)17-14-10-4-6-12-7-5-11-16-15(12)14/h1-11H. The minimum atomic E-state index is 0.786. The van der Waals surface area contributed by atoms with E-state index in [1.54, 1.807) is 6.20 Å². The molecule has 0 saturated heterocycles. The van der Waals surface area contributed by atoms with Crippen LogP contribution < -0.4 is 4.74 Å². The quantitative estimate of drug-likeness (QED) is 0.651. The lowest BCUT2D eigenvalue weighted by Crippen LogP contribution is -1.87. The van der Waals surface area contributed by atoms with E-state index in [2.05, 4.69) is 4.98 Å². The first-order chi connectivity index (χ1) is 8.43. The van der Waals surface area contributed by atoms with Gasteiger partial charge < -0.3 is 4.74 Å². The van der Waals surface area contributed by atoms with Crippen LogP contribution in [0.5, 0.6) is 11.5 Å². The molecule has 2 nitrogen and oxygen atoms in total. The van der Waals surface area contributed by atoms with Crippen LogP contribution in [0.25, 0.3) is 10.9 Å². The van der Waals surface area contributed by atoms with Gasteiger partial charge in [0.15, 0.2) is 5.75 Å². The SMILES string of the molecule is c1ccc(Oc2cccc3cccnc23)cc1. The molecule has 2 aromatic carbocycles. The highest BCUT2D eigenvalue weighted by atomic mass is 16.5. The monoisotopic (exact) mass is 221 g/mol. The van der Waals surface area contributed by atoms with E-state index < -0.39 is 0 Å². The number of rotatable bonds is 2. The Morgan fingerprint density at radius 1 is 0.765 bits per heavy atom. The zero-order valence-corrected chi connectivity index (χ0v) is 9.21. The summed E-state index contributed by atoms with van der Waals surface area (Å²) in [6, 6.07) is 19.6. The number of benzene rings is 2. The van der Waals surface area contributed by atoms with Crippen molar-refractivity contribution in [1.82, 2.24) is 4.98 Å². The maximum atomic E-state index is 5.83. The number of hydrogen-bond acceptors (Lipinski definition) is 2. The summed E-state index contributed by atoms with van der Waals surface area (Å²) in [5.74, 6) is 1.61. The molecule has 0 saturated carbocycles. The summed E-state index contributed by atoms with van der Waals surface area (Å²) in [6.45, 7) is 0. The minimum Gasteiger partial charge on any atom is -0.455 e. The van der Waals surface area contributed by atoms with Gasteiger partial charge in [-0.25, -0.2) is 0 Å². The number of aromatic nitrogens is 1. The molecule has 0 unspecified atom stereocenters. The van der Waals surface area contributed by atoms with Crippen LogP contribution in [0, 0.1) is 0 Å². The molecular weight excluding hydrogens is 210 g/mol. The molecule has 0 radical (unpaired) electrons. The van der Waals surface area contributed by atoms with E-state index in [1.807, 2.05) is 60.7 Å². The molecule has 0 aliphatic carbocycles. The summed E-state index contributed by atoms with van der Waals surface area (Å²) >= 11 is 0. The molecule has 3 aromatic rings. The molecule has 0 spiro atoms. The number of ether oxygens (including phenoxy) is 1. The van der Waals surface area contributed by atoms with Gasteiger partial charge in [-0.3, -0.25) is 4.98 Å². The van der Waals surface area contributed by atoms with Crippen molar-refractivity contribution < 1.29 is 4.74 Å². The second kappa shape index (κ2) is 4.26. The summed E-state index contributed by atoms with van der Waals surface area (Å²) in [4.78, 5) is 4.35. The van der Waals surface area contributed by atoms with Gasteiger partial charge >= 0.3 is 0 Å². The Kier molecular flexibility index (Phi) is 2.47. The maximum absolute atomic E-state index is 5.83. The van der Waals surface area contributed by atoms with Crippen LogP contribution in [0.3, 0.4) is 0 Å². The van der Waals surface area contributed by atoms with Gasteiger partial charge in [0.05, 0.1) is 0 Å². The van der Waals surface area contributed by atoms with Crippen LogP contribution in [-0.4, -0.2) is 4.98 Å². The normalized spacial score (nSPS) is 10.4. The molecule has 0 aliphatic heterocycles. The van der Waals surface area contributed by atoms with Crippen molar-refractivity contribution in [3.05, 3.63) is 66.9 Å². The van der Waals surface area contributed by atoms with E-state index in [0.29, 0.717) is 0 Å². The van der Waals surface area contributed by atoms with Gasteiger partial charge in [0.2, 0.25) is 0 Å². The van der Waals surface area contributed by atoms with Crippen LogP contribution >= 0.6 is 0 Å². The number of para-hydroxylation sites is 2. The van der Waals surface area contributed by atoms with E-state index in [9.17, 15) is 0 Å².